The monoisotopic (exact) mass is 140 g/mol. The molecule has 0 radical (unpaired) electrons. The second kappa shape index (κ2) is 2.02. The van der Waals surface area contributed by atoms with Crippen LogP contribution in [0.15, 0.2) is 12.2 Å². The number of carbonyl (C=O) groups excluding carboxylic acids is 2. The predicted molar refractivity (Wildman–Crippen MR) is 34.4 cm³/mol. The normalized spacial score (nSPS) is 33.0. The summed E-state index contributed by atoms with van der Waals surface area (Å²) in [4.78, 5) is 21.4. The third-order valence-electron chi connectivity index (χ3n) is 1.47. The molecule has 0 heterocycles. The number of aliphatic hydroxyl groups is 1. The number of hydrogen-bond acceptors (Lipinski definition) is 3. The minimum atomic E-state index is -1.47. The van der Waals surface area contributed by atoms with Crippen LogP contribution in [-0.2, 0) is 9.59 Å². The van der Waals surface area contributed by atoms with Crippen LogP contribution in [0.25, 0.3) is 0 Å². The SMILES string of the molecule is CC1(O)CC(=O)C=CC1=O. The van der Waals surface area contributed by atoms with Crippen molar-refractivity contribution in [2.45, 2.75) is 18.9 Å². The summed E-state index contributed by atoms with van der Waals surface area (Å²) in [5, 5.41) is 9.19. The van der Waals surface area contributed by atoms with E-state index in [-0.39, 0.29) is 12.2 Å². The van der Waals surface area contributed by atoms with Crippen molar-refractivity contribution in [3.8, 4) is 0 Å². The van der Waals surface area contributed by atoms with Crippen molar-refractivity contribution in [1.82, 2.24) is 0 Å². The molecule has 0 spiro atoms. The molecule has 10 heavy (non-hydrogen) atoms. The first kappa shape index (κ1) is 7.15. The van der Waals surface area contributed by atoms with E-state index in [2.05, 4.69) is 0 Å². The Kier molecular flexibility index (Phi) is 1.45. The van der Waals surface area contributed by atoms with Crippen LogP contribution >= 0.6 is 0 Å². The number of carbonyl (C=O) groups is 2. The van der Waals surface area contributed by atoms with E-state index in [0.717, 1.165) is 6.08 Å². The van der Waals surface area contributed by atoms with Gasteiger partial charge in [-0.05, 0) is 19.1 Å². The Morgan fingerprint density at radius 3 is 2.50 bits per heavy atom. The molecule has 1 aliphatic carbocycles. The maximum absolute atomic E-state index is 10.8. The first-order chi connectivity index (χ1) is 4.52. The Hall–Kier alpha value is -0.960. The maximum Gasteiger partial charge on any atom is 0.187 e. The Balaban J connectivity index is 2.93. The highest BCUT2D eigenvalue weighted by atomic mass is 16.3. The lowest BCUT2D eigenvalue weighted by atomic mass is 9.89. The fourth-order valence-electron chi connectivity index (χ4n) is 0.833. The van der Waals surface area contributed by atoms with Gasteiger partial charge in [0.25, 0.3) is 0 Å². The molecule has 1 unspecified atom stereocenters. The van der Waals surface area contributed by atoms with Gasteiger partial charge in [-0.2, -0.15) is 0 Å². The van der Waals surface area contributed by atoms with Gasteiger partial charge >= 0.3 is 0 Å². The Morgan fingerprint density at radius 2 is 2.10 bits per heavy atom. The van der Waals surface area contributed by atoms with E-state index >= 15 is 0 Å². The summed E-state index contributed by atoms with van der Waals surface area (Å²) < 4.78 is 0. The van der Waals surface area contributed by atoms with Gasteiger partial charge in [-0.1, -0.05) is 0 Å². The van der Waals surface area contributed by atoms with Crippen LogP contribution < -0.4 is 0 Å². The van der Waals surface area contributed by atoms with Gasteiger partial charge in [-0.15, -0.1) is 0 Å². The molecule has 0 aromatic rings. The molecule has 1 rings (SSSR count). The van der Waals surface area contributed by atoms with Gasteiger partial charge in [0, 0.05) is 6.42 Å². The van der Waals surface area contributed by atoms with Crippen molar-refractivity contribution in [2.24, 2.45) is 0 Å². The third-order valence-corrected chi connectivity index (χ3v) is 1.47. The lowest BCUT2D eigenvalue weighted by molar-refractivity contribution is -0.137. The van der Waals surface area contributed by atoms with Gasteiger partial charge < -0.3 is 5.11 Å². The second-order valence-electron chi connectivity index (χ2n) is 2.61. The quantitative estimate of drug-likeness (QED) is 0.508. The molecule has 0 amide bonds. The molecular weight excluding hydrogens is 132 g/mol. The average Bonchev–Trinajstić information content (AvgIpc) is 1.78. The highest BCUT2D eigenvalue weighted by Gasteiger charge is 2.33. The molecule has 1 N–H and O–H groups in total. The van der Waals surface area contributed by atoms with Crippen molar-refractivity contribution >= 4 is 11.6 Å². The summed E-state index contributed by atoms with van der Waals surface area (Å²) in [5.41, 5.74) is -1.47. The summed E-state index contributed by atoms with van der Waals surface area (Å²) in [6, 6.07) is 0. The molecule has 1 atom stereocenters. The summed E-state index contributed by atoms with van der Waals surface area (Å²) in [6.07, 6.45) is 2.22. The van der Waals surface area contributed by atoms with Crippen molar-refractivity contribution in [3.63, 3.8) is 0 Å². The molecule has 0 aromatic carbocycles. The van der Waals surface area contributed by atoms with Crippen molar-refractivity contribution in [1.29, 1.82) is 0 Å². The molecule has 3 heteroatoms. The lowest BCUT2D eigenvalue weighted by Crippen LogP contribution is -2.38. The minimum Gasteiger partial charge on any atom is -0.382 e. The summed E-state index contributed by atoms with van der Waals surface area (Å²) in [7, 11) is 0. The molecule has 0 saturated carbocycles. The zero-order valence-electron chi connectivity index (χ0n) is 5.63. The highest BCUT2D eigenvalue weighted by Crippen LogP contribution is 2.16. The summed E-state index contributed by atoms with van der Waals surface area (Å²) >= 11 is 0. The molecule has 0 aliphatic heterocycles. The number of rotatable bonds is 0. The van der Waals surface area contributed by atoms with Gasteiger partial charge in [0.15, 0.2) is 11.6 Å². The Bertz CT molecular complexity index is 213. The van der Waals surface area contributed by atoms with Crippen molar-refractivity contribution in [3.05, 3.63) is 12.2 Å². The highest BCUT2D eigenvalue weighted by molar-refractivity contribution is 6.09. The largest absolute Gasteiger partial charge is 0.382 e. The van der Waals surface area contributed by atoms with E-state index in [9.17, 15) is 14.7 Å². The van der Waals surface area contributed by atoms with E-state index in [4.69, 9.17) is 0 Å². The lowest BCUT2D eigenvalue weighted by Gasteiger charge is -2.20. The molecule has 0 aromatic heterocycles. The average molecular weight is 140 g/mol. The number of hydrogen-bond donors (Lipinski definition) is 1. The standard InChI is InChI=1S/C7H8O3/c1-7(10)4-5(8)2-3-6(7)9/h2-3,10H,4H2,1H3. The van der Waals surface area contributed by atoms with Crippen LogP contribution in [0.1, 0.15) is 13.3 Å². The molecule has 1 aliphatic rings. The van der Waals surface area contributed by atoms with Crippen LogP contribution in [0.4, 0.5) is 0 Å². The molecular formula is C7H8O3. The van der Waals surface area contributed by atoms with E-state index < -0.39 is 11.4 Å². The Labute approximate surface area is 58.4 Å². The summed E-state index contributed by atoms with van der Waals surface area (Å²) in [6.45, 7) is 1.34. The first-order valence-electron chi connectivity index (χ1n) is 3.00. The van der Waals surface area contributed by atoms with Crippen molar-refractivity contribution < 1.29 is 14.7 Å². The van der Waals surface area contributed by atoms with Crippen LogP contribution in [-0.4, -0.2) is 22.3 Å². The van der Waals surface area contributed by atoms with E-state index in [0.29, 0.717) is 0 Å². The molecule has 0 bridgehead atoms. The van der Waals surface area contributed by atoms with Gasteiger partial charge in [0.2, 0.25) is 0 Å². The van der Waals surface area contributed by atoms with Crippen molar-refractivity contribution in [2.75, 3.05) is 0 Å². The fraction of sp³-hybridized carbons (Fsp3) is 0.429. The number of ketones is 2. The molecule has 0 fully saturated rings. The van der Waals surface area contributed by atoms with Crippen LogP contribution in [0.2, 0.25) is 0 Å². The van der Waals surface area contributed by atoms with Crippen LogP contribution in [0.3, 0.4) is 0 Å². The first-order valence-corrected chi connectivity index (χ1v) is 3.00. The number of allylic oxidation sites excluding steroid dienone is 1. The van der Waals surface area contributed by atoms with Crippen LogP contribution in [0, 0.1) is 0 Å². The van der Waals surface area contributed by atoms with E-state index in [1.165, 1.54) is 13.0 Å². The van der Waals surface area contributed by atoms with E-state index in [1.54, 1.807) is 0 Å². The molecule has 0 saturated heterocycles. The van der Waals surface area contributed by atoms with Crippen LogP contribution in [0.5, 0.6) is 0 Å². The van der Waals surface area contributed by atoms with Gasteiger partial charge in [-0.25, -0.2) is 0 Å². The van der Waals surface area contributed by atoms with Gasteiger partial charge in [0.1, 0.15) is 5.60 Å². The maximum atomic E-state index is 10.8. The topological polar surface area (TPSA) is 54.4 Å². The van der Waals surface area contributed by atoms with Gasteiger partial charge in [0.05, 0.1) is 0 Å². The second-order valence-corrected chi connectivity index (χ2v) is 2.61. The summed E-state index contributed by atoms with van der Waals surface area (Å²) in [5.74, 6) is -0.600. The Morgan fingerprint density at radius 1 is 1.50 bits per heavy atom. The smallest absolute Gasteiger partial charge is 0.187 e. The van der Waals surface area contributed by atoms with E-state index in [1.807, 2.05) is 0 Å². The molecule has 3 nitrogen and oxygen atoms in total. The fourth-order valence-corrected chi connectivity index (χ4v) is 0.833. The van der Waals surface area contributed by atoms with Gasteiger partial charge in [-0.3, -0.25) is 9.59 Å². The zero-order valence-corrected chi connectivity index (χ0v) is 5.63. The zero-order chi connectivity index (χ0) is 7.78. The minimum absolute atomic E-state index is 0.0949. The predicted octanol–water partition coefficient (Wildman–Crippen LogP) is -0.165. The third kappa shape index (κ3) is 1.14. The molecule has 54 valence electrons.